The van der Waals surface area contributed by atoms with Crippen LogP contribution in [0.2, 0.25) is 0 Å². The van der Waals surface area contributed by atoms with Crippen molar-refractivity contribution in [3.63, 3.8) is 0 Å². The van der Waals surface area contributed by atoms with Crippen molar-refractivity contribution in [2.45, 2.75) is 12.5 Å². The fourth-order valence-electron chi connectivity index (χ4n) is 1.65. The molecule has 1 rings (SSSR count). The Morgan fingerprint density at radius 2 is 2.06 bits per heavy atom. The Balaban J connectivity index is 2.96. The smallest absolute Gasteiger partial charge is 0.323 e. The maximum absolute atomic E-state index is 11.5. The number of hydrogen-bond acceptors (Lipinski definition) is 5. The summed E-state index contributed by atoms with van der Waals surface area (Å²) in [5.74, 6) is -1.01. The summed E-state index contributed by atoms with van der Waals surface area (Å²) in [6, 6.07) is 6.19. The van der Waals surface area contributed by atoms with Gasteiger partial charge in [-0.3, -0.25) is 14.8 Å². The molecule has 0 heterocycles. The second-order valence-electron chi connectivity index (χ2n) is 3.67. The van der Waals surface area contributed by atoms with E-state index >= 15 is 0 Å². The molecule has 6 nitrogen and oxygen atoms in total. The zero-order valence-corrected chi connectivity index (χ0v) is 10.3. The molecule has 6 heteroatoms. The lowest BCUT2D eigenvalue weighted by Gasteiger charge is -2.15. The highest BCUT2D eigenvalue weighted by atomic mass is 16.5. The number of carbonyl (C=O) groups excluding carboxylic acids is 2. The molecule has 1 aromatic rings. The number of hydroxylamine groups is 1. The molecule has 0 spiro atoms. The van der Waals surface area contributed by atoms with Crippen LogP contribution < -0.4 is 10.8 Å². The molecule has 0 saturated carbocycles. The van der Waals surface area contributed by atoms with Gasteiger partial charge in [-0.15, -0.1) is 0 Å². The summed E-state index contributed by atoms with van der Waals surface area (Å²) >= 11 is 0. The van der Waals surface area contributed by atoms with Gasteiger partial charge in [0.25, 0.3) is 5.91 Å². The molecular weight excluding hydrogens is 236 g/mol. The second kappa shape index (κ2) is 6.73. The Kier molecular flexibility index (Phi) is 5.29. The van der Waals surface area contributed by atoms with E-state index in [0.29, 0.717) is 17.5 Å². The van der Waals surface area contributed by atoms with Gasteiger partial charge in [0.1, 0.15) is 6.04 Å². The van der Waals surface area contributed by atoms with Crippen molar-refractivity contribution in [2.75, 3.05) is 14.2 Å². The monoisotopic (exact) mass is 252 g/mol. The van der Waals surface area contributed by atoms with E-state index < -0.39 is 17.9 Å². The van der Waals surface area contributed by atoms with E-state index in [1.165, 1.54) is 7.11 Å². The first-order valence-electron chi connectivity index (χ1n) is 5.41. The number of rotatable bonds is 5. The summed E-state index contributed by atoms with van der Waals surface area (Å²) in [5, 5.41) is 11.5. The average Bonchev–Trinajstić information content (AvgIpc) is 2.43. The molecule has 1 unspecified atom stereocenters. The van der Waals surface area contributed by atoms with Gasteiger partial charge in [0, 0.05) is 5.56 Å². The lowest BCUT2D eigenvalue weighted by Crippen LogP contribution is -2.37. The van der Waals surface area contributed by atoms with Gasteiger partial charge in [0.15, 0.2) is 0 Å². The number of esters is 1. The molecule has 0 fully saturated rings. The average molecular weight is 252 g/mol. The first-order chi connectivity index (χ1) is 8.63. The van der Waals surface area contributed by atoms with Gasteiger partial charge in [0.05, 0.1) is 7.11 Å². The number of likely N-dealkylation sites (N-methyl/N-ethyl adjacent to an activating group) is 1. The molecule has 1 aromatic carbocycles. The van der Waals surface area contributed by atoms with Crippen LogP contribution in [0.25, 0.3) is 0 Å². The largest absolute Gasteiger partial charge is 0.468 e. The highest BCUT2D eigenvalue weighted by Gasteiger charge is 2.20. The van der Waals surface area contributed by atoms with Crippen molar-refractivity contribution in [3.05, 3.63) is 35.4 Å². The molecule has 0 bridgehead atoms. The predicted molar refractivity (Wildman–Crippen MR) is 64.3 cm³/mol. The number of benzene rings is 1. The van der Waals surface area contributed by atoms with Crippen LogP contribution in [-0.4, -0.2) is 37.3 Å². The molecule has 18 heavy (non-hydrogen) atoms. The van der Waals surface area contributed by atoms with Gasteiger partial charge in [-0.1, -0.05) is 18.2 Å². The number of ether oxygens (including phenoxy) is 1. The predicted octanol–water partition coefficient (Wildman–Crippen LogP) is 0.109. The Labute approximate surface area is 105 Å². The number of amides is 1. The molecule has 98 valence electrons. The van der Waals surface area contributed by atoms with Crippen molar-refractivity contribution in [1.82, 2.24) is 10.8 Å². The summed E-state index contributed by atoms with van der Waals surface area (Å²) in [6.45, 7) is 0. The van der Waals surface area contributed by atoms with Crippen molar-refractivity contribution in [3.8, 4) is 0 Å². The minimum Gasteiger partial charge on any atom is -0.468 e. The van der Waals surface area contributed by atoms with Gasteiger partial charge < -0.3 is 10.1 Å². The van der Waals surface area contributed by atoms with Gasteiger partial charge in [-0.2, -0.15) is 0 Å². The molecule has 0 radical (unpaired) electrons. The Morgan fingerprint density at radius 1 is 1.39 bits per heavy atom. The molecule has 0 aromatic heterocycles. The van der Waals surface area contributed by atoms with Crippen LogP contribution in [0.1, 0.15) is 15.9 Å². The number of methoxy groups -OCH3 is 1. The second-order valence-corrected chi connectivity index (χ2v) is 3.67. The number of carbonyl (C=O) groups is 2. The maximum Gasteiger partial charge on any atom is 0.323 e. The highest BCUT2D eigenvalue weighted by Crippen LogP contribution is 2.11. The summed E-state index contributed by atoms with van der Waals surface area (Å²) in [5.41, 5.74) is 2.55. The van der Waals surface area contributed by atoms with Crippen LogP contribution in [-0.2, 0) is 16.0 Å². The summed E-state index contributed by atoms with van der Waals surface area (Å²) in [6.07, 6.45) is 0.298. The van der Waals surface area contributed by atoms with Crippen LogP contribution >= 0.6 is 0 Å². The minimum absolute atomic E-state index is 0.298. The van der Waals surface area contributed by atoms with Crippen LogP contribution in [0.15, 0.2) is 24.3 Å². The van der Waals surface area contributed by atoms with Crippen LogP contribution in [0.5, 0.6) is 0 Å². The zero-order valence-electron chi connectivity index (χ0n) is 10.3. The highest BCUT2D eigenvalue weighted by molar-refractivity contribution is 5.95. The third kappa shape index (κ3) is 3.28. The summed E-state index contributed by atoms with van der Waals surface area (Å²) in [7, 11) is 2.94. The molecule has 1 amide bonds. The Hall–Kier alpha value is -1.92. The summed E-state index contributed by atoms with van der Waals surface area (Å²) < 4.78 is 4.65. The van der Waals surface area contributed by atoms with Gasteiger partial charge in [-0.05, 0) is 25.1 Å². The lowest BCUT2D eigenvalue weighted by atomic mass is 10.00. The molecule has 0 saturated heterocycles. The maximum atomic E-state index is 11.5. The SMILES string of the molecule is CNC(Cc1ccccc1C(=O)NO)C(=O)OC. The third-order valence-corrected chi connectivity index (χ3v) is 2.62. The van der Waals surface area contributed by atoms with E-state index in [1.54, 1.807) is 36.8 Å². The quantitative estimate of drug-likeness (QED) is 0.393. The standard InChI is InChI=1S/C12H16N2O4/c1-13-10(12(16)18-2)7-8-5-3-4-6-9(8)11(15)14-17/h3-6,10,13,17H,7H2,1-2H3,(H,14,15). The molecule has 0 aliphatic rings. The van der Waals surface area contributed by atoms with Crippen molar-refractivity contribution < 1.29 is 19.5 Å². The van der Waals surface area contributed by atoms with Crippen LogP contribution in [0, 0.1) is 0 Å². The van der Waals surface area contributed by atoms with Gasteiger partial charge >= 0.3 is 5.97 Å². The molecule has 3 N–H and O–H groups in total. The number of nitrogens with one attached hydrogen (secondary N) is 2. The Bertz CT molecular complexity index is 434. The lowest BCUT2D eigenvalue weighted by molar-refractivity contribution is -0.142. The van der Waals surface area contributed by atoms with E-state index in [1.807, 2.05) is 0 Å². The zero-order chi connectivity index (χ0) is 13.5. The van der Waals surface area contributed by atoms with Gasteiger partial charge in [0.2, 0.25) is 0 Å². The Morgan fingerprint density at radius 3 is 2.61 bits per heavy atom. The molecule has 0 aliphatic carbocycles. The first-order valence-corrected chi connectivity index (χ1v) is 5.41. The normalized spacial score (nSPS) is 11.7. The van der Waals surface area contributed by atoms with E-state index in [-0.39, 0.29) is 0 Å². The molecular formula is C12H16N2O4. The third-order valence-electron chi connectivity index (χ3n) is 2.62. The van der Waals surface area contributed by atoms with E-state index in [9.17, 15) is 9.59 Å². The van der Waals surface area contributed by atoms with Crippen LogP contribution in [0.3, 0.4) is 0 Å². The van der Waals surface area contributed by atoms with Gasteiger partial charge in [-0.25, -0.2) is 5.48 Å². The fourth-order valence-corrected chi connectivity index (χ4v) is 1.65. The van der Waals surface area contributed by atoms with E-state index in [0.717, 1.165) is 0 Å². The van der Waals surface area contributed by atoms with Crippen LogP contribution in [0.4, 0.5) is 0 Å². The van der Waals surface area contributed by atoms with Crippen molar-refractivity contribution in [1.29, 1.82) is 0 Å². The summed E-state index contributed by atoms with van der Waals surface area (Å²) in [4.78, 5) is 22.9. The fraction of sp³-hybridized carbons (Fsp3) is 0.333. The number of hydrogen-bond donors (Lipinski definition) is 3. The van der Waals surface area contributed by atoms with E-state index in [2.05, 4.69) is 10.1 Å². The molecule has 0 aliphatic heterocycles. The van der Waals surface area contributed by atoms with Crippen molar-refractivity contribution in [2.24, 2.45) is 0 Å². The van der Waals surface area contributed by atoms with Crippen molar-refractivity contribution >= 4 is 11.9 Å². The first kappa shape index (κ1) is 14.1. The minimum atomic E-state index is -0.606. The topological polar surface area (TPSA) is 87.7 Å². The molecule has 1 atom stereocenters. The van der Waals surface area contributed by atoms with E-state index in [4.69, 9.17) is 5.21 Å².